The number of H-pyrrole nitrogens is 1. The molecule has 0 fully saturated rings. The average molecular weight is 501 g/mol. The van der Waals surface area contributed by atoms with E-state index in [1.807, 2.05) is 30.5 Å². The Morgan fingerprint density at radius 3 is 2.70 bits per heavy atom. The molecule has 4 aromatic rings. The molecule has 0 aliphatic carbocycles. The molecule has 4 rings (SSSR count). The van der Waals surface area contributed by atoms with E-state index >= 15 is 0 Å². The molecule has 0 unspecified atom stereocenters. The first kappa shape index (κ1) is 25.1. The highest BCUT2D eigenvalue weighted by atomic mass is 19.3. The van der Waals surface area contributed by atoms with E-state index in [1.54, 1.807) is 0 Å². The second kappa shape index (κ2) is 10.7. The number of nitrogens with one attached hydrogen (secondary N) is 2. The smallest absolute Gasteiger partial charge is 0.419 e. The molecule has 0 spiro atoms. The van der Waals surface area contributed by atoms with Gasteiger partial charge in [-0.05, 0) is 42.3 Å². The summed E-state index contributed by atoms with van der Waals surface area (Å²) in [5, 5.41) is 12.9. The van der Waals surface area contributed by atoms with Gasteiger partial charge in [0.05, 0.1) is 11.1 Å². The number of rotatable bonds is 8. The normalized spacial score (nSPS) is 10.9. The van der Waals surface area contributed by atoms with Crippen molar-refractivity contribution >= 4 is 22.8 Å². The molecule has 2 aromatic heterocycles. The molecule has 0 aliphatic heterocycles. The SMILES string of the molecule is C=CC(F)(F)Oc1ccc(C#Cc2cncc(C(=O)O)c2)cc1C(=O)NCCc1c[nH]c2ccccc12. The summed E-state index contributed by atoms with van der Waals surface area (Å²) in [5.41, 5.74) is 2.48. The summed E-state index contributed by atoms with van der Waals surface area (Å²) in [5.74, 6) is 3.46. The maximum absolute atomic E-state index is 13.9. The van der Waals surface area contributed by atoms with Crippen molar-refractivity contribution in [2.45, 2.75) is 12.5 Å². The Balaban J connectivity index is 1.56. The number of hydrogen-bond donors (Lipinski definition) is 3. The monoisotopic (exact) mass is 501 g/mol. The van der Waals surface area contributed by atoms with Gasteiger partial charge in [0.15, 0.2) is 0 Å². The molecule has 1 amide bonds. The Kier molecular flexibility index (Phi) is 7.30. The van der Waals surface area contributed by atoms with Crippen LogP contribution in [0.4, 0.5) is 8.78 Å². The van der Waals surface area contributed by atoms with Crippen molar-refractivity contribution in [3.63, 3.8) is 0 Å². The summed E-state index contributed by atoms with van der Waals surface area (Å²) >= 11 is 0. The van der Waals surface area contributed by atoms with Crippen molar-refractivity contribution in [3.8, 4) is 17.6 Å². The Morgan fingerprint density at radius 1 is 1.14 bits per heavy atom. The first-order valence-electron chi connectivity index (χ1n) is 11.1. The van der Waals surface area contributed by atoms with Gasteiger partial charge in [0.25, 0.3) is 5.91 Å². The third-order valence-electron chi connectivity index (χ3n) is 5.40. The Morgan fingerprint density at radius 2 is 1.92 bits per heavy atom. The largest absolute Gasteiger partial charge is 0.478 e. The molecular weight excluding hydrogens is 480 g/mol. The molecule has 0 radical (unpaired) electrons. The number of benzene rings is 2. The highest BCUT2D eigenvalue weighted by molar-refractivity contribution is 5.97. The fourth-order valence-electron chi connectivity index (χ4n) is 3.58. The molecule has 0 saturated heterocycles. The lowest BCUT2D eigenvalue weighted by atomic mass is 10.1. The van der Waals surface area contributed by atoms with E-state index < -0.39 is 18.0 Å². The van der Waals surface area contributed by atoms with Crippen LogP contribution in [0.1, 0.15) is 37.4 Å². The number of carbonyl (C=O) groups is 2. The molecule has 0 bridgehead atoms. The molecule has 7 nitrogen and oxygen atoms in total. The number of aromatic nitrogens is 2. The molecule has 0 aliphatic rings. The third kappa shape index (κ3) is 6.18. The zero-order chi connectivity index (χ0) is 26.4. The van der Waals surface area contributed by atoms with Crippen molar-refractivity contribution in [3.05, 3.63) is 108 Å². The zero-order valence-corrected chi connectivity index (χ0v) is 19.4. The number of nitrogens with zero attached hydrogens (tertiary/aromatic N) is 1. The first-order valence-corrected chi connectivity index (χ1v) is 11.1. The lowest BCUT2D eigenvalue weighted by molar-refractivity contribution is -0.131. The number of pyridine rings is 1. The van der Waals surface area contributed by atoms with Crippen LogP contribution in [0.5, 0.6) is 5.75 Å². The van der Waals surface area contributed by atoms with Crippen molar-refractivity contribution in [2.75, 3.05) is 6.54 Å². The predicted molar refractivity (Wildman–Crippen MR) is 134 cm³/mol. The lowest BCUT2D eigenvalue weighted by Gasteiger charge is -2.17. The topological polar surface area (TPSA) is 104 Å². The Bertz CT molecular complexity index is 1550. The van der Waals surface area contributed by atoms with Crippen LogP contribution in [0, 0.1) is 11.8 Å². The number of aromatic amines is 1. The van der Waals surface area contributed by atoms with E-state index in [1.165, 1.54) is 36.7 Å². The summed E-state index contributed by atoms with van der Waals surface area (Å²) in [4.78, 5) is 31.1. The fraction of sp³-hybridized carbons (Fsp3) is 0.107. The number of aromatic carboxylic acids is 1. The van der Waals surface area contributed by atoms with Gasteiger partial charge in [-0.1, -0.05) is 36.6 Å². The lowest BCUT2D eigenvalue weighted by Crippen LogP contribution is -2.28. The number of alkyl halides is 2. The van der Waals surface area contributed by atoms with Gasteiger partial charge in [0.2, 0.25) is 0 Å². The van der Waals surface area contributed by atoms with Gasteiger partial charge in [0.1, 0.15) is 5.75 Å². The summed E-state index contributed by atoms with van der Waals surface area (Å²) < 4.78 is 32.5. The molecular formula is C28H21F2N3O4. The minimum Gasteiger partial charge on any atom is -0.478 e. The van der Waals surface area contributed by atoms with Crippen molar-refractivity contribution in [2.24, 2.45) is 0 Å². The number of carboxylic acids is 1. The number of hydrogen-bond acceptors (Lipinski definition) is 4. The van der Waals surface area contributed by atoms with E-state index in [2.05, 4.69) is 33.7 Å². The molecule has 3 N–H and O–H groups in total. The quantitative estimate of drug-likeness (QED) is 0.238. The number of carboxylic acid groups (broad SMARTS) is 1. The Labute approximate surface area is 210 Å². The minimum atomic E-state index is -3.69. The van der Waals surface area contributed by atoms with E-state index in [-0.39, 0.29) is 23.4 Å². The Hall–Kier alpha value is -4.97. The number of para-hydroxylation sites is 1. The number of amides is 1. The van der Waals surface area contributed by atoms with Crippen molar-refractivity contribution < 1.29 is 28.2 Å². The van der Waals surface area contributed by atoms with Crippen LogP contribution >= 0.6 is 0 Å². The summed E-state index contributed by atoms with van der Waals surface area (Å²) in [6, 6.07) is 13.1. The summed E-state index contributed by atoms with van der Waals surface area (Å²) in [6.45, 7) is 3.31. The van der Waals surface area contributed by atoms with Crippen molar-refractivity contribution in [1.29, 1.82) is 0 Å². The predicted octanol–water partition coefficient (Wildman–Crippen LogP) is 4.79. The number of fused-ring (bicyclic) bond motifs is 1. The molecule has 186 valence electrons. The van der Waals surface area contributed by atoms with Crippen LogP contribution in [0.2, 0.25) is 0 Å². The van der Waals surface area contributed by atoms with Crippen molar-refractivity contribution in [1.82, 2.24) is 15.3 Å². The standard InChI is InChI=1S/C28H21F2N3O4/c1-2-28(29,30)37-25-10-9-18(7-8-19-13-21(27(35)36)16-31-15-19)14-23(25)26(34)32-12-11-20-17-33-24-6-4-3-5-22(20)24/h2-6,9-10,13-17,33H,1,11-12H2,(H,32,34)(H,35,36). The molecule has 0 atom stereocenters. The molecule has 2 heterocycles. The second-order valence-corrected chi connectivity index (χ2v) is 7.96. The van der Waals surface area contributed by atoms with Gasteiger partial charge in [0, 0.05) is 53.2 Å². The molecule has 0 saturated carbocycles. The van der Waals surface area contributed by atoms with Gasteiger partial charge in [-0.3, -0.25) is 9.78 Å². The van der Waals surface area contributed by atoms with E-state index in [4.69, 9.17) is 9.84 Å². The van der Waals surface area contributed by atoms with E-state index in [9.17, 15) is 18.4 Å². The molecule has 9 heteroatoms. The van der Waals surface area contributed by atoms with Gasteiger partial charge >= 0.3 is 12.1 Å². The van der Waals surface area contributed by atoms with Gasteiger partial charge < -0.3 is 20.1 Å². The number of carbonyl (C=O) groups excluding carboxylic acids is 1. The van der Waals surface area contributed by atoms with Crippen LogP contribution in [0.15, 0.2) is 79.8 Å². The first-order chi connectivity index (χ1) is 17.8. The highest BCUT2D eigenvalue weighted by Gasteiger charge is 2.29. The third-order valence-corrected chi connectivity index (χ3v) is 5.40. The van der Waals surface area contributed by atoms with Gasteiger partial charge in [-0.25, -0.2) is 4.79 Å². The molecule has 2 aromatic carbocycles. The number of ether oxygens (including phenoxy) is 1. The van der Waals surface area contributed by atoms with Gasteiger partial charge in [-0.15, -0.1) is 0 Å². The van der Waals surface area contributed by atoms with Crippen LogP contribution in [0.25, 0.3) is 10.9 Å². The van der Waals surface area contributed by atoms with Crippen LogP contribution < -0.4 is 10.1 Å². The summed E-state index contributed by atoms with van der Waals surface area (Å²) in [7, 11) is 0. The highest BCUT2D eigenvalue weighted by Crippen LogP contribution is 2.27. The van der Waals surface area contributed by atoms with Crippen LogP contribution in [-0.2, 0) is 6.42 Å². The second-order valence-electron chi connectivity index (χ2n) is 7.96. The molecule has 37 heavy (non-hydrogen) atoms. The average Bonchev–Trinajstić information content (AvgIpc) is 3.31. The maximum atomic E-state index is 13.9. The van der Waals surface area contributed by atoms with Crippen LogP contribution in [-0.4, -0.2) is 39.6 Å². The zero-order valence-electron chi connectivity index (χ0n) is 19.4. The fourth-order valence-corrected chi connectivity index (χ4v) is 3.58. The van der Waals surface area contributed by atoms with Gasteiger partial charge in [-0.2, -0.15) is 8.78 Å². The van der Waals surface area contributed by atoms with E-state index in [0.29, 0.717) is 23.6 Å². The van der Waals surface area contributed by atoms with Crippen LogP contribution in [0.3, 0.4) is 0 Å². The number of halogens is 2. The maximum Gasteiger partial charge on any atom is 0.419 e. The summed E-state index contributed by atoms with van der Waals surface area (Å²) in [6.07, 6.45) is 1.61. The van der Waals surface area contributed by atoms with E-state index in [0.717, 1.165) is 16.5 Å². The minimum absolute atomic E-state index is 0.0301.